The lowest BCUT2D eigenvalue weighted by atomic mass is 10.1. The molecule has 0 N–H and O–H groups in total. The number of fused-ring (bicyclic) bond motifs is 1. The summed E-state index contributed by atoms with van der Waals surface area (Å²) in [5.74, 6) is 1.01. The molecular formula is C11H12O. The molecule has 1 heterocycles. The van der Waals surface area contributed by atoms with Crippen LogP contribution in [0.5, 0.6) is 0 Å². The Morgan fingerprint density at radius 2 is 2.33 bits per heavy atom. The largest absolute Gasteiger partial charge is 0.486 e. The summed E-state index contributed by atoms with van der Waals surface area (Å²) < 4.78 is 5.57. The van der Waals surface area contributed by atoms with Crippen LogP contribution >= 0.6 is 0 Å². The highest BCUT2D eigenvalue weighted by molar-refractivity contribution is 5.35. The lowest BCUT2D eigenvalue weighted by molar-refractivity contribution is 0.206. The summed E-state index contributed by atoms with van der Waals surface area (Å²) in [6.07, 6.45) is 13.8. The lowest BCUT2D eigenvalue weighted by Crippen LogP contribution is -2.04. The van der Waals surface area contributed by atoms with Gasteiger partial charge >= 0.3 is 0 Å². The summed E-state index contributed by atoms with van der Waals surface area (Å²) >= 11 is 0. The van der Waals surface area contributed by atoms with Crippen molar-refractivity contribution in [1.82, 2.24) is 0 Å². The van der Waals surface area contributed by atoms with Gasteiger partial charge in [0.05, 0.1) is 5.76 Å². The van der Waals surface area contributed by atoms with Crippen molar-refractivity contribution in [1.29, 1.82) is 0 Å². The van der Waals surface area contributed by atoms with Gasteiger partial charge in [0, 0.05) is 0 Å². The third kappa shape index (κ3) is 1.35. The van der Waals surface area contributed by atoms with E-state index in [-0.39, 0.29) is 6.10 Å². The SMILES string of the molecule is CC1=C/C2=C\C/C=C\C=C/C2O1. The van der Waals surface area contributed by atoms with Crippen molar-refractivity contribution in [3.8, 4) is 0 Å². The minimum atomic E-state index is 0.162. The van der Waals surface area contributed by atoms with Gasteiger partial charge in [0.2, 0.25) is 0 Å². The van der Waals surface area contributed by atoms with Gasteiger partial charge in [-0.25, -0.2) is 0 Å². The van der Waals surface area contributed by atoms with E-state index >= 15 is 0 Å². The second-order valence-electron chi connectivity index (χ2n) is 3.05. The second-order valence-corrected chi connectivity index (χ2v) is 3.05. The van der Waals surface area contributed by atoms with E-state index in [1.165, 1.54) is 5.57 Å². The fourth-order valence-corrected chi connectivity index (χ4v) is 1.47. The van der Waals surface area contributed by atoms with Crippen LogP contribution in [0, 0.1) is 0 Å². The zero-order valence-electron chi connectivity index (χ0n) is 7.16. The molecule has 0 fully saturated rings. The van der Waals surface area contributed by atoms with E-state index in [1.807, 2.05) is 13.0 Å². The molecule has 0 amide bonds. The van der Waals surface area contributed by atoms with Crippen molar-refractivity contribution >= 4 is 0 Å². The van der Waals surface area contributed by atoms with Crippen LogP contribution in [0.4, 0.5) is 0 Å². The van der Waals surface area contributed by atoms with E-state index in [0.29, 0.717) is 0 Å². The van der Waals surface area contributed by atoms with Gasteiger partial charge in [-0.1, -0.05) is 24.3 Å². The molecule has 62 valence electrons. The van der Waals surface area contributed by atoms with Gasteiger partial charge in [-0.05, 0) is 31.1 Å². The maximum atomic E-state index is 5.57. The van der Waals surface area contributed by atoms with Crippen LogP contribution in [-0.2, 0) is 4.74 Å². The maximum absolute atomic E-state index is 5.57. The Balaban J connectivity index is 2.28. The van der Waals surface area contributed by atoms with Crippen molar-refractivity contribution in [2.75, 3.05) is 0 Å². The second kappa shape index (κ2) is 3.02. The molecule has 0 saturated carbocycles. The molecule has 1 unspecified atom stereocenters. The molecule has 1 aliphatic carbocycles. The van der Waals surface area contributed by atoms with Gasteiger partial charge in [-0.2, -0.15) is 0 Å². The molecule has 0 aromatic heterocycles. The summed E-state index contributed by atoms with van der Waals surface area (Å²) in [7, 11) is 0. The van der Waals surface area contributed by atoms with Gasteiger partial charge in [-0.3, -0.25) is 0 Å². The van der Waals surface area contributed by atoms with Crippen LogP contribution in [0.1, 0.15) is 13.3 Å². The van der Waals surface area contributed by atoms with Crippen LogP contribution in [-0.4, -0.2) is 6.10 Å². The minimum Gasteiger partial charge on any atom is -0.486 e. The van der Waals surface area contributed by atoms with Crippen molar-refractivity contribution < 1.29 is 4.74 Å². The fraction of sp³-hybridized carbons (Fsp3) is 0.273. The number of hydrogen-bond acceptors (Lipinski definition) is 1. The molecular weight excluding hydrogens is 148 g/mol. The molecule has 0 aromatic rings. The van der Waals surface area contributed by atoms with Crippen LogP contribution < -0.4 is 0 Å². The predicted molar refractivity (Wildman–Crippen MR) is 49.6 cm³/mol. The average molecular weight is 160 g/mol. The van der Waals surface area contributed by atoms with Crippen molar-refractivity contribution in [2.45, 2.75) is 19.4 Å². The highest BCUT2D eigenvalue weighted by Crippen LogP contribution is 2.24. The Hall–Kier alpha value is -1.24. The third-order valence-electron chi connectivity index (χ3n) is 2.03. The van der Waals surface area contributed by atoms with Crippen LogP contribution in [0.15, 0.2) is 47.8 Å². The molecule has 2 rings (SSSR count). The van der Waals surface area contributed by atoms with Gasteiger partial charge in [-0.15, -0.1) is 0 Å². The Kier molecular flexibility index (Phi) is 1.86. The van der Waals surface area contributed by atoms with E-state index in [9.17, 15) is 0 Å². The monoisotopic (exact) mass is 160 g/mol. The first-order valence-electron chi connectivity index (χ1n) is 4.24. The normalized spacial score (nSPS) is 36.2. The molecule has 0 spiro atoms. The van der Waals surface area contributed by atoms with Crippen LogP contribution in [0.25, 0.3) is 0 Å². The minimum absolute atomic E-state index is 0.162. The Morgan fingerprint density at radius 1 is 1.42 bits per heavy atom. The first-order chi connectivity index (χ1) is 5.86. The first-order valence-corrected chi connectivity index (χ1v) is 4.24. The highest BCUT2D eigenvalue weighted by atomic mass is 16.5. The van der Waals surface area contributed by atoms with Crippen molar-refractivity contribution in [2.24, 2.45) is 0 Å². The smallest absolute Gasteiger partial charge is 0.142 e. The molecule has 0 saturated heterocycles. The standard InChI is InChI=1S/C11H12O/c1-9-8-10-6-4-2-3-5-7-11(10)12-9/h2-3,5-8,11H,4H2,1H3/b3-2-,7-5-,10-6+. The topological polar surface area (TPSA) is 9.23 Å². The zero-order chi connectivity index (χ0) is 8.39. The molecule has 1 atom stereocenters. The molecule has 2 aliphatic rings. The van der Waals surface area contributed by atoms with Gasteiger partial charge in [0.15, 0.2) is 0 Å². The molecule has 12 heavy (non-hydrogen) atoms. The molecule has 1 aliphatic heterocycles. The number of allylic oxidation sites excluding steroid dienone is 5. The fourth-order valence-electron chi connectivity index (χ4n) is 1.47. The molecule has 0 radical (unpaired) electrons. The van der Waals surface area contributed by atoms with E-state index in [2.05, 4.69) is 30.4 Å². The molecule has 1 nitrogen and oxygen atoms in total. The van der Waals surface area contributed by atoms with E-state index in [4.69, 9.17) is 4.74 Å². The predicted octanol–water partition coefficient (Wildman–Crippen LogP) is 2.73. The number of ether oxygens (including phenoxy) is 1. The summed E-state index contributed by atoms with van der Waals surface area (Å²) in [5, 5.41) is 0. The van der Waals surface area contributed by atoms with Crippen molar-refractivity contribution in [3.05, 3.63) is 47.8 Å². The van der Waals surface area contributed by atoms with Gasteiger partial charge < -0.3 is 4.74 Å². The summed E-state index contributed by atoms with van der Waals surface area (Å²) in [5.41, 5.74) is 1.29. The Morgan fingerprint density at radius 3 is 3.25 bits per heavy atom. The molecule has 1 heteroatoms. The zero-order valence-corrected chi connectivity index (χ0v) is 7.16. The first kappa shape index (κ1) is 7.41. The van der Waals surface area contributed by atoms with Crippen LogP contribution in [0.2, 0.25) is 0 Å². The molecule has 0 bridgehead atoms. The van der Waals surface area contributed by atoms with Crippen molar-refractivity contribution in [3.63, 3.8) is 0 Å². The molecule has 0 aromatic carbocycles. The number of rotatable bonds is 0. The third-order valence-corrected chi connectivity index (χ3v) is 2.03. The van der Waals surface area contributed by atoms with E-state index in [0.717, 1.165) is 12.2 Å². The lowest BCUT2D eigenvalue weighted by Gasteiger charge is -2.08. The highest BCUT2D eigenvalue weighted by Gasteiger charge is 2.17. The quantitative estimate of drug-likeness (QED) is 0.529. The Labute approximate surface area is 72.7 Å². The summed E-state index contributed by atoms with van der Waals surface area (Å²) in [6, 6.07) is 0. The number of hydrogen-bond donors (Lipinski definition) is 0. The Bertz CT molecular complexity index is 292. The summed E-state index contributed by atoms with van der Waals surface area (Å²) in [4.78, 5) is 0. The van der Waals surface area contributed by atoms with Gasteiger partial charge in [0.1, 0.15) is 6.10 Å². The van der Waals surface area contributed by atoms with E-state index < -0.39 is 0 Å². The maximum Gasteiger partial charge on any atom is 0.142 e. The summed E-state index contributed by atoms with van der Waals surface area (Å²) in [6.45, 7) is 1.99. The average Bonchev–Trinajstić information content (AvgIpc) is 2.32. The van der Waals surface area contributed by atoms with Gasteiger partial charge in [0.25, 0.3) is 0 Å². The van der Waals surface area contributed by atoms with Crippen LogP contribution in [0.3, 0.4) is 0 Å². The van der Waals surface area contributed by atoms with E-state index in [1.54, 1.807) is 0 Å².